The molecule has 12 heavy (non-hydrogen) atoms. The highest BCUT2D eigenvalue weighted by Gasteiger charge is 2.10. The van der Waals surface area contributed by atoms with E-state index in [1.807, 2.05) is 6.07 Å². The van der Waals surface area contributed by atoms with E-state index in [0.717, 1.165) is 5.56 Å². The van der Waals surface area contributed by atoms with E-state index in [1.165, 1.54) is 36.8 Å². The molecule has 1 aliphatic carbocycles. The molecule has 0 unspecified atom stereocenters. The van der Waals surface area contributed by atoms with Crippen molar-refractivity contribution < 1.29 is 0 Å². The van der Waals surface area contributed by atoms with Gasteiger partial charge in [-0.15, -0.1) is 6.42 Å². The molecule has 60 valence electrons. The normalized spacial score (nSPS) is 14.9. The topological polar surface area (TPSA) is 0 Å². The molecule has 0 bridgehead atoms. The van der Waals surface area contributed by atoms with E-state index >= 15 is 0 Å². The van der Waals surface area contributed by atoms with Crippen LogP contribution in [-0.2, 0) is 12.8 Å². The van der Waals surface area contributed by atoms with Crippen molar-refractivity contribution in [3.8, 4) is 12.3 Å². The molecular formula is C12H12. The maximum atomic E-state index is 5.42. The van der Waals surface area contributed by atoms with Crippen molar-refractivity contribution in [1.29, 1.82) is 0 Å². The minimum atomic E-state index is 1.10. The summed E-state index contributed by atoms with van der Waals surface area (Å²) in [6.07, 6.45) is 10.4. The Morgan fingerprint density at radius 2 is 2.00 bits per heavy atom. The van der Waals surface area contributed by atoms with Crippen LogP contribution in [0, 0.1) is 12.3 Å². The summed E-state index contributed by atoms with van der Waals surface area (Å²) in [6.45, 7) is 0. The smallest absolute Gasteiger partial charge is 0.0277 e. The van der Waals surface area contributed by atoms with Crippen LogP contribution < -0.4 is 0 Å². The fraction of sp³-hybridized carbons (Fsp3) is 0.333. The number of rotatable bonds is 0. The summed E-state index contributed by atoms with van der Waals surface area (Å²) >= 11 is 0. The molecule has 1 aliphatic rings. The van der Waals surface area contributed by atoms with Gasteiger partial charge in [-0.25, -0.2) is 0 Å². The van der Waals surface area contributed by atoms with Crippen LogP contribution in [0.15, 0.2) is 18.2 Å². The van der Waals surface area contributed by atoms with Gasteiger partial charge in [0.1, 0.15) is 0 Å². The summed E-state index contributed by atoms with van der Waals surface area (Å²) in [5.41, 5.74) is 4.00. The molecule has 0 nitrogen and oxygen atoms in total. The molecule has 0 N–H and O–H groups in total. The summed E-state index contributed by atoms with van der Waals surface area (Å²) in [4.78, 5) is 0. The Labute approximate surface area is 73.6 Å². The van der Waals surface area contributed by atoms with Crippen LogP contribution in [-0.4, -0.2) is 0 Å². The van der Waals surface area contributed by atoms with E-state index in [0.29, 0.717) is 0 Å². The fourth-order valence-corrected chi connectivity index (χ4v) is 1.92. The average Bonchev–Trinajstić information content (AvgIpc) is 2.17. The molecule has 0 fully saturated rings. The standard InChI is InChI=1S/C12H12/c1-2-10-7-5-8-11-6-3-4-9-12(10)11/h1,5,7-8H,3-4,6,9H2. The third-order valence-electron chi connectivity index (χ3n) is 2.55. The predicted molar refractivity (Wildman–Crippen MR) is 51.0 cm³/mol. The van der Waals surface area contributed by atoms with E-state index in [9.17, 15) is 0 Å². The zero-order valence-electron chi connectivity index (χ0n) is 7.14. The van der Waals surface area contributed by atoms with Gasteiger partial charge in [-0.1, -0.05) is 18.1 Å². The number of benzene rings is 1. The van der Waals surface area contributed by atoms with Crippen molar-refractivity contribution in [3.05, 3.63) is 34.9 Å². The average molecular weight is 156 g/mol. The van der Waals surface area contributed by atoms with Gasteiger partial charge < -0.3 is 0 Å². The second kappa shape index (κ2) is 3.03. The third-order valence-corrected chi connectivity index (χ3v) is 2.55. The van der Waals surface area contributed by atoms with Crippen molar-refractivity contribution in [3.63, 3.8) is 0 Å². The lowest BCUT2D eigenvalue weighted by atomic mass is 9.88. The highest BCUT2D eigenvalue weighted by atomic mass is 14.1. The van der Waals surface area contributed by atoms with Crippen molar-refractivity contribution in [2.24, 2.45) is 0 Å². The van der Waals surface area contributed by atoms with Gasteiger partial charge in [0.25, 0.3) is 0 Å². The Bertz CT molecular complexity index is 328. The minimum absolute atomic E-state index is 1.10. The Morgan fingerprint density at radius 3 is 2.83 bits per heavy atom. The van der Waals surface area contributed by atoms with Crippen LogP contribution in [0.25, 0.3) is 0 Å². The maximum absolute atomic E-state index is 5.42. The van der Waals surface area contributed by atoms with Gasteiger partial charge in [-0.2, -0.15) is 0 Å². The van der Waals surface area contributed by atoms with E-state index in [2.05, 4.69) is 18.1 Å². The van der Waals surface area contributed by atoms with Crippen LogP contribution in [0.4, 0.5) is 0 Å². The van der Waals surface area contributed by atoms with Crippen LogP contribution in [0.2, 0.25) is 0 Å². The second-order valence-corrected chi connectivity index (χ2v) is 3.29. The Hall–Kier alpha value is -1.22. The largest absolute Gasteiger partial charge is 0.115 e. The van der Waals surface area contributed by atoms with Crippen LogP contribution in [0.1, 0.15) is 29.5 Å². The van der Waals surface area contributed by atoms with Gasteiger partial charge in [0.2, 0.25) is 0 Å². The lowest BCUT2D eigenvalue weighted by Crippen LogP contribution is -2.04. The molecular weight excluding hydrogens is 144 g/mol. The number of hydrogen-bond donors (Lipinski definition) is 0. The Balaban J connectivity index is 2.53. The number of fused-ring (bicyclic) bond motifs is 1. The first-order valence-corrected chi connectivity index (χ1v) is 4.49. The summed E-state index contributed by atoms with van der Waals surface area (Å²) < 4.78 is 0. The highest BCUT2D eigenvalue weighted by molar-refractivity contribution is 5.45. The molecule has 0 saturated heterocycles. The van der Waals surface area contributed by atoms with Gasteiger partial charge in [-0.3, -0.25) is 0 Å². The lowest BCUT2D eigenvalue weighted by molar-refractivity contribution is 0.684. The zero-order chi connectivity index (χ0) is 8.39. The molecule has 2 rings (SSSR count). The third kappa shape index (κ3) is 1.12. The number of hydrogen-bond acceptors (Lipinski definition) is 0. The molecule has 1 aromatic rings. The molecule has 0 heteroatoms. The van der Waals surface area contributed by atoms with E-state index in [-0.39, 0.29) is 0 Å². The summed E-state index contributed by atoms with van der Waals surface area (Å²) in [6, 6.07) is 6.32. The molecule has 0 heterocycles. The molecule has 0 aliphatic heterocycles. The van der Waals surface area contributed by atoms with Crippen molar-refractivity contribution in [2.45, 2.75) is 25.7 Å². The quantitative estimate of drug-likeness (QED) is 0.506. The van der Waals surface area contributed by atoms with Gasteiger partial charge in [0.15, 0.2) is 0 Å². The van der Waals surface area contributed by atoms with Gasteiger partial charge in [-0.05, 0) is 42.9 Å². The van der Waals surface area contributed by atoms with Gasteiger partial charge in [0, 0.05) is 5.56 Å². The van der Waals surface area contributed by atoms with Crippen molar-refractivity contribution in [2.75, 3.05) is 0 Å². The zero-order valence-corrected chi connectivity index (χ0v) is 7.14. The van der Waals surface area contributed by atoms with Crippen LogP contribution in [0.3, 0.4) is 0 Å². The maximum Gasteiger partial charge on any atom is 0.0277 e. The lowest BCUT2D eigenvalue weighted by Gasteiger charge is -2.16. The molecule has 0 radical (unpaired) electrons. The monoisotopic (exact) mass is 156 g/mol. The van der Waals surface area contributed by atoms with E-state index in [1.54, 1.807) is 0 Å². The first-order valence-electron chi connectivity index (χ1n) is 4.49. The van der Waals surface area contributed by atoms with Gasteiger partial charge in [0.05, 0.1) is 0 Å². The summed E-state index contributed by atoms with van der Waals surface area (Å²) in [5, 5.41) is 0. The number of aryl methyl sites for hydroxylation is 1. The molecule has 0 aromatic heterocycles. The first-order chi connectivity index (χ1) is 5.92. The first kappa shape index (κ1) is 7.43. The molecule has 0 saturated carbocycles. The number of terminal acetylenes is 1. The molecule has 1 aromatic carbocycles. The van der Waals surface area contributed by atoms with Crippen molar-refractivity contribution in [1.82, 2.24) is 0 Å². The van der Waals surface area contributed by atoms with Crippen LogP contribution >= 0.6 is 0 Å². The van der Waals surface area contributed by atoms with E-state index < -0.39 is 0 Å². The Morgan fingerprint density at radius 1 is 1.17 bits per heavy atom. The highest BCUT2D eigenvalue weighted by Crippen LogP contribution is 2.23. The predicted octanol–water partition coefficient (Wildman–Crippen LogP) is 2.55. The molecule has 0 atom stereocenters. The molecule has 0 amide bonds. The van der Waals surface area contributed by atoms with Crippen molar-refractivity contribution >= 4 is 0 Å². The van der Waals surface area contributed by atoms with Crippen LogP contribution in [0.5, 0.6) is 0 Å². The minimum Gasteiger partial charge on any atom is -0.115 e. The Kier molecular flexibility index (Phi) is 1.87. The molecule has 0 spiro atoms. The summed E-state index contributed by atoms with van der Waals surface area (Å²) in [5.74, 6) is 2.76. The SMILES string of the molecule is C#Cc1cccc2c1CCCC2. The van der Waals surface area contributed by atoms with Gasteiger partial charge >= 0.3 is 0 Å². The second-order valence-electron chi connectivity index (χ2n) is 3.29. The summed E-state index contributed by atoms with van der Waals surface area (Å²) in [7, 11) is 0. The van der Waals surface area contributed by atoms with E-state index in [4.69, 9.17) is 6.42 Å². The fourth-order valence-electron chi connectivity index (χ4n) is 1.92.